The summed E-state index contributed by atoms with van der Waals surface area (Å²) in [5.74, 6) is 0.302. The van der Waals surface area contributed by atoms with Crippen LogP contribution >= 0.6 is 34.5 Å². The molecule has 0 aliphatic rings. The summed E-state index contributed by atoms with van der Waals surface area (Å²) in [5.41, 5.74) is 0.776. The van der Waals surface area contributed by atoms with Crippen LogP contribution in [0.25, 0.3) is 0 Å². The summed E-state index contributed by atoms with van der Waals surface area (Å²) in [4.78, 5) is 4.83. The molecule has 0 spiro atoms. The number of nitrogens with zero attached hydrogens (tertiary/aromatic N) is 2. The van der Waals surface area contributed by atoms with E-state index in [2.05, 4.69) is 4.98 Å². The smallest absolute Gasteiger partial charge is 0.243 e. The Kier molecular flexibility index (Phi) is 5.04. The Hall–Kier alpha value is -0.660. The Morgan fingerprint density at radius 2 is 2.05 bits per heavy atom. The van der Waals surface area contributed by atoms with E-state index in [1.54, 1.807) is 12.1 Å². The van der Waals surface area contributed by atoms with Crippen LogP contribution in [0.3, 0.4) is 0 Å². The molecular weight excluding hydrogens is 339 g/mol. The summed E-state index contributed by atoms with van der Waals surface area (Å²) >= 11 is 12.8. The topological polar surface area (TPSA) is 50.3 Å². The Morgan fingerprint density at radius 1 is 1.30 bits per heavy atom. The summed E-state index contributed by atoms with van der Waals surface area (Å²) in [6.07, 6.45) is 1.47. The highest BCUT2D eigenvalue weighted by Crippen LogP contribution is 2.24. The zero-order chi connectivity index (χ0) is 14.8. The highest BCUT2D eigenvalue weighted by atomic mass is 35.5. The number of thiophene rings is 1. The van der Waals surface area contributed by atoms with Gasteiger partial charge < -0.3 is 0 Å². The molecule has 0 bridgehead atoms. The highest BCUT2D eigenvalue weighted by Gasteiger charge is 2.22. The SMILES string of the molecule is CN(Cc1ccc(Cl)s1)S(=O)(=O)c1ccc(CCl)cn1. The van der Waals surface area contributed by atoms with E-state index in [0.717, 1.165) is 10.4 Å². The fraction of sp³-hybridized carbons (Fsp3) is 0.250. The van der Waals surface area contributed by atoms with E-state index in [9.17, 15) is 8.42 Å². The lowest BCUT2D eigenvalue weighted by atomic mass is 10.3. The van der Waals surface area contributed by atoms with Crippen LogP contribution in [-0.2, 0) is 22.4 Å². The Balaban J connectivity index is 2.19. The lowest BCUT2D eigenvalue weighted by molar-refractivity contribution is 0.466. The van der Waals surface area contributed by atoms with Gasteiger partial charge in [0.2, 0.25) is 0 Å². The molecule has 0 radical (unpaired) electrons. The molecule has 2 aromatic heterocycles. The van der Waals surface area contributed by atoms with Crippen molar-refractivity contribution >= 4 is 44.6 Å². The summed E-state index contributed by atoms with van der Waals surface area (Å²) in [6.45, 7) is 0.263. The van der Waals surface area contributed by atoms with Crippen molar-refractivity contribution in [3.8, 4) is 0 Å². The fourth-order valence-corrected chi connectivity index (χ4v) is 3.98. The molecule has 2 rings (SSSR count). The van der Waals surface area contributed by atoms with Crippen LogP contribution in [0, 0.1) is 0 Å². The molecule has 0 aromatic carbocycles. The first-order valence-electron chi connectivity index (χ1n) is 5.65. The van der Waals surface area contributed by atoms with Gasteiger partial charge in [-0.2, -0.15) is 4.31 Å². The van der Waals surface area contributed by atoms with Crippen LogP contribution in [0.4, 0.5) is 0 Å². The van der Waals surface area contributed by atoms with Gasteiger partial charge in [-0.25, -0.2) is 13.4 Å². The van der Waals surface area contributed by atoms with Crippen molar-refractivity contribution < 1.29 is 8.42 Å². The molecule has 0 saturated carbocycles. The van der Waals surface area contributed by atoms with Gasteiger partial charge in [-0.15, -0.1) is 22.9 Å². The van der Waals surface area contributed by atoms with Gasteiger partial charge in [0.25, 0.3) is 10.0 Å². The summed E-state index contributed by atoms with van der Waals surface area (Å²) < 4.78 is 26.6. The van der Waals surface area contributed by atoms with Gasteiger partial charge in [0.05, 0.1) is 4.34 Å². The minimum atomic E-state index is -3.61. The van der Waals surface area contributed by atoms with Crippen LogP contribution in [0.2, 0.25) is 4.34 Å². The van der Waals surface area contributed by atoms with Gasteiger partial charge >= 0.3 is 0 Å². The molecule has 108 valence electrons. The molecule has 0 amide bonds. The summed E-state index contributed by atoms with van der Waals surface area (Å²) in [5, 5.41) is 0.0107. The summed E-state index contributed by atoms with van der Waals surface area (Å²) in [7, 11) is -2.10. The maximum Gasteiger partial charge on any atom is 0.260 e. The van der Waals surface area contributed by atoms with Gasteiger partial charge in [0.15, 0.2) is 5.03 Å². The number of rotatable bonds is 5. The average molecular weight is 351 g/mol. The molecule has 0 aliphatic carbocycles. The Morgan fingerprint density at radius 3 is 2.55 bits per heavy atom. The number of sulfonamides is 1. The maximum absolute atomic E-state index is 12.3. The zero-order valence-corrected chi connectivity index (χ0v) is 13.7. The third-order valence-electron chi connectivity index (χ3n) is 2.63. The quantitative estimate of drug-likeness (QED) is 0.776. The highest BCUT2D eigenvalue weighted by molar-refractivity contribution is 7.89. The number of hydrogen-bond donors (Lipinski definition) is 0. The van der Waals surface area contributed by atoms with Crippen LogP contribution in [0.5, 0.6) is 0 Å². The van der Waals surface area contributed by atoms with Gasteiger partial charge in [-0.05, 0) is 23.8 Å². The molecule has 8 heteroatoms. The molecule has 0 saturated heterocycles. The van der Waals surface area contributed by atoms with Gasteiger partial charge in [0.1, 0.15) is 0 Å². The third-order valence-corrected chi connectivity index (χ3v) is 5.88. The van der Waals surface area contributed by atoms with Crippen LogP contribution in [0.1, 0.15) is 10.4 Å². The molecule has 2 aromatic rings. The number of hydrogen-bond acceptors (Lipinski definition) is 4. The van der Waals surface area contributed by atoms with E-state index < -0.39 is 10.0 Å². The van der Waals surface area contributed by atoms with Crippen LogP contribution in [-0.4, -0.2) is 24.8 Å². The predicted octanol–water partition coefficient (Wildman–Crippen LogP) is 3.36. The van der Waals surface area contributed by atoms with Crippen molar-refractivity contribution in [1.29, 1.82) is 0 Å². The number of pyridine rings is 1. The Labute approximate surface area is 132 Å². The van der Waals surface area contributed by atoms with E-state index in [1.807, 2.05) is 6.07 Å². The predicted molar refractivity (Wildman–Crippen MR) is 81.8 cm³/mol. The van der Waals surface area contributed by atoms with Crippen molar-refractivity contribution in [2.45, 2.75) is 17.5 Å². The molecule has 0 unspecified atom stereocenters. The van der Waals surface area contributed by atoms with Crippen molar-refractivity contribution in [2.75, 3.05) is 7.05 Å². The monoisotopic (exact) mass is 350 g/mol. The zero-order valence-electron chi connectivity index (χ0n) is 10.6. The number of aromatic nitrogens is 1. The van der Waals surface area contributed by atoms with Crippen molar-refractivity contribution in [3.63, 3.8) is 0 Å². The first-order chi connectivity index (χ1) is 9.43. The minimum Gasteiger partial charge on any atom is -0.243 e. The van der Waals surface area contributed by atoms with E-state index in [1.165, 1.54) is 35.0 Å². The largest absolute Gasteiger partial charge is 0.260 e. The second-order valence-corrected chi connectivity index (χ2v) is 8.16. The third kappa shape index (κ3) is 3.51. The second kappa shape index (κ2) is 6.41. The molecule has 0 aliphatic heterocycles. The van der Waals surface area contributed by atoms with E-state index >= 15 is 0 Å². The molecule has 2 heterocycles. The molecule has 0 atom stereocenters. The molecular formula is C12H12Cl2N2O2S2. The lowest BCUT2D eigenvalue weighted by Gasteiger charge is -2.15. The Bertz CT molecular complexity index is 684. The second-order valence-electron chi connectivity index (χ2n) is 4.11. The van der Waals surface area contributed by atoms with Gasteiger partial charge in [-0.3, -0.25) is 0 Å². The number of alkyl halides is 1. The molecule has 4 nitrogen and oxygen atoms in total. The molecule has 0 fully saturated rings. The maximum atomic E-state index is 12.3. The van der Waals surface area contributed by atoms with Gasteiger partial charge in [0, 0.05) is 30.5 Å². The lowest BCUT2D eigenvalue weighted by Crippen LogP contribution is -2.26. The van der Waals surface area contributed by atoms with E-state index in [4.69, 9.17) is 23.2 Å². The van der Waals surface area contributed by atoms with Crippen molar-refractivity contribution in [1.82, 2.24) is 9.29 Å². The first-order valence-corrected chi connectivity index (χ1v) is 8.82. The van der Waals surface area contributed by atoms with Crippen LogP contribution in [0.15, 0.2) is 35.5 Å². The minimum absolute atomic E-state index is 0.0107. The molecule has 0 N–H and O–H groups in total. The number of halogens is 2. The fourth-order valence-electron chi connectivity index (χ4n) is 1.54. The first kappa shape index (κ1) is 15.7. The van der Waals surface area contributed by atoms with Crippen molar-refractivity contribution in [3.05, 3.63) is 45.2 Å². The van der Waals surface area contributed by atoms with Gasteiger partial charge in [-0.1, -0.05) is 17.7 Å². The van der Waals surface area contributed by atoms with E-state index in [-0.39, 0.29) is 11.6 Å². The average Bonchev–Trinajstić information content (AvgIpc) is 2.84. The normalized spacial score (nSPS) is 12.0. The standard InChI is InChI=1S/C12H12Cl2N2O2S2/c1-16(8-10-3-4-11(14)19-10)20(17,18)12-5-2-9(6-13)7-15-12/h2-5,7H,6,8H2,1H3. The van der Waals surface area contributed by atoms with E-state index in [0.29, 0.717) is 10.2 Å². The van der Waals surface area contributed by atoms with Crippen LogP contribution < -0.4 is 0 Å². The summed E-state index contributed by atoms with van der Waals surface area (Å²) in [6, 6.07) is 6.67. The van der Waals surface area contributed by atoms with Crippen molar-refractivity contribution in [2.24, 2.45) is 0 Å². The molecule has 20 heavy (non-hydrogen) atoms.